The zero-order valence-electron chi connectivity index (χ0n) is 24.4. The van der Waals surface area contributed by atoms with Gasteiger partial charge in [-0.15, -0.1) is 17.6 Å². The third kappa shape index (κ3) is 4.60. The number of fused-ring (bicyclic) bond motifs is 8. The van der Waals surface area contributed by atoms with Gasteiger partial charge in [-0.25, -0.2) is 4.99 Å². The van der Waals surface area contributed by atoms with E-state index in [-0.39, 0.29) is 21.1 Å². The predicted molar refractivity (Wildman–Crippen MR) is 177 cm³/mol. The normalized spacial score (nSPS) is 11.9. The van der Waals surface area contributed by atoms with Gasteiger partial charge in [-0.05, 0) is 46.0 Å². The van der Waals surface area contributed by atoms with Crippen molar-refractivity contribution in [3.63, 3.8) is 0 Å². The Bertz CT molecular complexity index is 2420. The molecule has 0 spiro atoms. The molecule has 46 heavy (non-hydrogen) atoms. The fraction of sp³-hybridized carbons (Fsp3) is 0. The predicted octanol–water partition coefficient (Wildman–Crippen LogP) is 8.42. The molecule has 222 valence electrons. The van der Waals surface area contributed by atoms with Gasteiger partial charge in [0.15, 0.2) is 0 Å². The van der Waals surface area contributed by atoms with Crippen molar-refractivity contribution in [3.05, 3.63) is 164 Å². The molecule has 0 bridgehead atoms. The molecule has 0 fully saturated rings. The molecule has 0 amide bonds. The van der Waals surface area contributed by atoms with E-state index in [0.29, 0.717) is 11.6 Å². The van der Waals surface area contributed by atoms with Gasteiger partial charge in [0.2, 0.25) is 5.90 Å². The van der Waals surface area contributed by atoms with E-state index in [9.17, 15) is 0 Å². The maximum Gasteiger partial charge on any atom is 0.268 e. The number of nitrogens with zero attached hydrogens (tertiary/aromatic N) is 4. The Hall–Kier alpha value is -5.51. The van der Waals surface area contributed by atoms with Gasteiger partial charge in [-0.2, -0.15) is 18.3 Å². The van der Waals surface area contributed by atoms with Crippen LogP contribution in [0.4, 0.5) is 5.69 Å². The van der Waals surface area contributed by atoms with Crippen LogP contribution in [0.5, 0.6) is 5.75 Å². The average molecular weight is 772 g/mol. The summed E-state index contributed by atoms with van der Waals surface area (Å²) in [5.41, 5.74) is 10.7. The first-order chi connectivity index (χ1) is 22.3. The SMILES string of the molecule is [Pt].[c-]1c(OC2=Nc3c(ccc4cc[n-]c34)-c3ccccc3-c3ccccc32)cccc1-[n+]1[c-]n(-c2ccccc2)c2ccccc21. The van der Waals surface area contributed by atoms with Crippen molar-refractivity contribution < 1.29 is 30.4 Å². The second kappa shape index (κ2) is 11.4. The quantitative estimate of drug-likeness (QED) is 0.134. The Balaban J connectivity index is 0.00000312. The van der Waals surface area contributed by atoms with Gasteiger partial charge in [0.05, 0.1) is 22.4 Å². The summed E-state index contributed by atoms with van der Waals surface area (Å²) >= 11 is 0. The molecule has 0 unspecified atom stereocenters. The van der Waals surface area contributed by atoms with E-state index in [2.05, 4.69) is 95.8 Å². The van der Waals surface area contributed by atoms with Gasteiger partial charge < -0.3 is 14.3 Å². The third-order valence-electron chi connectivity index (χ3n) is 8.30. The van der Waals surface area contributed by atoms with Crippen LogP contribution in [0.15, 0.2) is 151 Å². The number of hydrogen-bond donors (Lipinski definition) is 0. The van der Waals surface area contributed by atoms with E-state index in [1.165, 1.54) is 0 Å². The molecule has 1 aliphatic heterocycles. The van der Waals surface area contributed by atoms with Crippen LogP contribution in [-0.2, 0) is 21.1 Å². The van der Waals surface area contributed by atoms with Crippen LogP contribution in [0.1, 0.15) is 5.56 Å². The molecule has 2 aromatic heterocycles. The molecule has 1 aliphatic rings. The molecule has 0 saturated carbocycles. The first kappa shape index (κ1) is 28.0. The maximum absolute atomic E-state index is 6.71. The Morgan fingerprint density at radius 1 is 0.630 bits per heavy atom. The van der Waals surface area contributed by atoms with E-state index in [1.54, 1.807) is 0 Å². The van der Waals surface area contributed by atoms with Crippen molar-refractivity contribution in [3.8, 4) is 39.4 Å². The summed E-state index contributed by atoms with van der Waals surface area (Å²) < 4.78 is 10.8. The topological polar surface area (TPSA) is 44.5 Å². The number of aromatic nitrogens is 3. The van der Waals surface area contributed by atoms with Crippen LogP contribution < -0.4 is 14.3 Å². The second-order valence-electron chi connectivity index (χ2n) is 10.9. The van der Waals surface area contributed by atoms with Gasteiger partial charge in [0, 0.05) is 37.9 Å². The van der Waals surface area contributed by atoms with E-state index in [4.69, 9.17) is 14.7 Å². The minimum absolute atomic E-state index is 0. The number of imidazole rings is 1. The number of ether oxygens (including phenoxy) is 1. The third-order valence-corrected chi connectivity index (χ3v) is 8.30. The van der Waals surface area contributed by atoms with Crippen molar-refractivity contribution in [2.75, 3.05) is 0 Å². The van der Waals surface area contributed by atoms with Crippen LogP contribution in [0.25, 0.3) is 55.6 Å². The molecule has 8 aromatic rings. The molecule has 9 rings (SSSR count). The van der Waals surface area contributed by atoms with Gasteiger partial charge in [0.1, 0.15) is 0 Å². The number of hydrogen-bond acceptors (Lipinski definition) is 2. The van der Waals surface area contributed by atoms with Crippen molar-refractivity contribution in [1.29, 1.82) is 0 Å². The molecule has 3 heterocycles. The second-order valence-corrected chi connectivity index (χ2v) is 10.9. The van der Waals surface area contributed by atoms with Gasteiger partial charge in [-0.1, -0.05) is 103 Å². The van der Waals surface area contributed by atoms with Crippen molar-refractivity contribution >= 4 is 33.5 Å². The fourth-order valence-corrected chi connectivity index (χ4v) is 6.22. The summed E-state index contributed by atoms with van der Waals surface area (Å²) in [6.07, 6.45) is 5.37. The molecular formula is C40H24N4OPt-2. The zero-order chi connectivity index (χ0) is 29.7. The number of benzene rings is 6. The molecule has 0 aliphatic carbocycles. The number of aliphatic imine (C=N–C) groups is 1. The Morgan fingerprint density at radius 2 is 1.33 bits per heavy atom. The zero-order valence-corrected chi connectivity index (χ0v) is 26.6. The fourth-order valence-electron chi connectivity index (χ4n) is 6.22. The molecule has 0 saturated heterocycles. The molecule has 0 N–H and O–H groups in total. The Labute approximate surface area is 280 Å². The first-order valence-corrected chi connectivity index (χ1v) is 14.8. The van der Waals surface area contributed by atoms with Gasteiger partial charge in [-0.3, -0.25) is 4.57 Å². The van der Waals surface area contributed by atoms with E-state index in [0.717, 1.165) is 66.8 Å². The van der Waals surface area contributed by atoms with Crippen LogP contribution in [0, 0.1) is 12.4 Å². The number of para-hydroxylation sites is 3. The summed E-state index contributed by atoms with van der Waals surface area (Å²) in [7, 11) is 0. The van der Waals surface area contributed by atoms with Crippen LogP contribution in [0.3, 0.4) is 0 Å². The molecule has 6 heteroatoms. The monoisotopic (exact) mass is 771 g/mol. The van der Waals surface area contributed by atoms with Crippen LogP contribution >= 0.6 is 0 Å². The Morgan fingerprint density at radius 3 is 2.15 bits per heavy atom. The Kier molecular flexibility index (Phi) is 6.97. The molecule has 6 aromatic carbocycles. The largest absolute Gasteiger partial charge is 0.662 e. The average Bonchev–Trinajstić information content (AvgIpc) is 3.74. The maximum atomic E-state index is 6.71. The van der Waals surface area contributed by atoms with E-state index >= 15 is 0 Å². The summed E-state index contributed by atoms with van der Waals surface area (Å²) in [5, 5.41) is 1.04. The summed E-state index contributed by atoms with van der Waals surface area (Å²) in [4.78, 5) is 9.93. The molecule has 0 atom stereocenters. The molecule has 0 radical (unpaired) electrons. The van der Waals surface area contributed by atoms with Crippen molar-refractivity contribution in [2.45, 2.75) is 0 Å². The number of rotatable bonds is 3. The molecular weight excluding hydrogens is 748 g/mol. The standard InChI is InChI=1S/C40H24N4O.Pt/c1-2-11-28(12-3-1)43-26-44(37-20-9-8-19-36(37)43)29-13-10-14-30(25-29)45-40-35-18-7-6-17-33(35)31-15-4-5-16-32(31)34-22-21-27-23-24-41-38(27)39(34)42-40;/h1-24H;/q-2;. The van der Waals surface area contributed by atoms with Gasteiger partial charge in [0.25, 0.3) is 6.33 Å². The van der Waals surface area contributed by atoms with Gasteiger partial charge >= 0.3 is 0 Å². The first-order valence-electron chi connectivity index (χ1n) is 14.8. The van der Waals surface area contributed by atoms with Crippen LogP contribution in [0.2, 0.25) is 0 Å². The molecule has 5 nitrogen and oxygen atoms in total. The van der Waals surface area contributed by atoms with Crippen LogP contribution in [-0.4, -0.2) is 10.5 Å². The van der Waals surface area contributed by atoms with Crippen molar-refractivity contribution in [2.24, 2.45) is 4.99 Å². The summed E-state index contributed by atoms with van der Waals surface area (Å²) in [5.74, 6) is 1.04. The summed E-state index contributed by atoms with van der Waals surface area (Å²) in [6, 6.07) is 50.9. The minimum atomic E-state index is 0. The van der Waals surface area contributed by atoms with E-state index in [1.807, 2.05) is 71.4 Å². The van der Waals surface area contributed by atoms with Crippen molar-refractivity contribution in [1.82, 2.24) is 9.55 Å². The minimum Gasteiger partial charge on any atom is -0.662 e. The smallest absolute Gasteiger partial charge is 0.268 e. The van der Waals surface area contributed by atoms with E-state index < -0.39 is 0 Å². The summed E-state index contributed by atoms with van der Waals surface area (Å²) in [6.45, 7) is 0.